The van der Waals surface area contributed by atoms with Crippen LogP contribution in [0.2, 0.25) is 0 Å². The number of anilines is 1. The van der Waals surface area contributed by atoms with Crippen molar-refractivity contribution in [3.8, 4) is 0 Å². The summed E-state index contributed by atoms with van der Waals surface area (Å²) >= 11 is 3.19. The molecule has 0 aliphatic rings. The van der Waals surface area contributed by atoms with E-state index in [4.69, 9.17) is 0 Å². The zero-order valence-electron chi connectivity index (χ0n) is 11.0. The third-order valence-corrected chi connectivity index (χ3v) is 3.87. The summed E-state index contributed by atoms with van der Waals surface area (Å²) in [4.78, 5) is 0. The van der Waals surface area contributed by atoms with Crippen LogP contribution in [0.3, 0.4) is 0 Å². The lowest BCUT2D eigenvalue weighted by atomic mass is 9.92. The molecule has 0 fully saturated rings. The zero-order chi connectivity index (χ0) is 14.8. The Hall–Kier alpha value is -0.750. The number of aliphatic hydroxyl groups is 1. The number of hydrogen-bond acceptors (Lipinski definition) is 2. The standard InChI is InChI=1S/C13H17BrF3NO/c1-8(2)12(3,19)7-18-11-6-9(13(15,16)17)4-5-10(11)14/h4-6,8,18-19H,7H2,1-3H3. The predicted octanol–water partition coefficient (Wildman–Crippen LogP) is 4.29. The molecule has 0 aliphatic carbocycles. The molecule has 0 amide bonds. The Bertz CT molecular complexity index is 444. The van der Waals surface area contributed by atoms with Crippen molar-refractivity contribution in [3.63, 3.8) is 0 Å². The summed E-state index contributed by atoms with van der Waals surface area (Å²) < 4.78 is 38.4. The van der Waals surface area contributed by atoms with Gasteiger partial charge in [0.25, 0.3) is 0 Å². The van der Waals surface area contributed by atoms with E-state index in [-0.39, 0.29) is 12.5 Å². The molecule has 19 heavy (non-hydrogen) atoms. The summed E-state index contributed by atoms with van der Waals surface area (Å²) in [6.45, 7) is 5.52. The first kappa shape index (κ1) is 16.3. The van der Waals surface area contributed by atoms with Crippen LogP contribution in [0.5, 0.6) is 0 Å². The van der Waals surface area contributed by atoms with Crippen molar-refractivity contribution in [3.05, 3.63) is 28.2 Å². The Morgan fingerprint density at radius 1 is 1.32 bits per heavy atom. The van der Waals surface area contributed by atoms with Gasteiger partial charge in [-0.2, -0.15) is 13.2 Å². The predicted molar refractivity (Wildman–Crippen MR) is 73.1 cm³/mol. The largest absolute Gasteiger partial charge is 0.416 e. The van der Waals surface area contributed by atoms with Gasteiger partial charge in [-0.15, -0.1) is 0 Å². The minimum absolute atomic E-state index is 0.00965. The van der Waals surface area contributed by atoms with Gasteiger partial charge in [-0.1, -0.05) is 13.8 Å². The van der Waals surface area contributed by atoms with Gasteiger partial charge in [0, 0.05) is 16.7 Å². The van der Waals surface area contributed by atoms with Crippen molar-refractivity contribution in [1.82, 2.24) is 0 Å². The Kier molecular flexibility index (Phi) is 4.90. The minimum Gasteiger partial charge on any atom is -0.388 e. The van der Waals surface area contributed by atoms with E-state index in [1.807, 2.05) is 13.8 Å². The van der Waals surface area contributed by atoms with Crippen molar-refractivity contribution in [2.75, 3.05) is 11.9 Å². The minimum atomic E-state index is -4.38. The van der Waals surface area contributed by atoms with Crippen LogP contribution in [-0.2, 0) is 6.18 Å². The highest BCUT2D eigenvalue weighted by atomic mass is 79.9. The van der Waals surface area contributed by atoms with Gasteiger partial charge >= 0.3 is 6.18 Å². The third kappa shape index (κ3) is 4.38. The molecule has 1 rings (SSSR count). The fraction of sp³-hybridized carbons (Fsp3) is 0.538. The Labute approximate surface area is 119 Å². The normalized spacial score (nSPS) is 15.4. The first-order chi connectivity index (χ1) is 8.54. The van der Waals surface area contributed by atoms with E-state index in [1.54, 1.807) is 6.92 Å². The van der Waals surface area contributed by atoms with Gasteiger partial charge in [-0.05, 0) is 47.0 Å². The van der Waals surface area contributed by atoms with Gasteiger partial charge in [-0.25, -0.2) is 0 Å². The lowest BCUT2D eigenvalue weighted by Gasteiger charge is -2.28. The zero-order valence-corrected chi connectivity index (χ0v) is 12.6. The van der Waals surface area contributed by atoms with Gasteiger partial charge in [-0.3, -0.25) is 0 Å². The second-order valence-electron chi connectivity index (χ2n) is 5.06. The smallest absolute Gasteiger partial charge is 0.388 e. The molecule has 1 aromatic rings. The molecular weight excluding hydrogens is 323 g/mol. The summed E-state index contributed by atoms with van der Waals surface area (Å²) in [5, 5.41) is 12.9. The van der Waals surface area contributed by atoms with E-state index in [0.717, 1.165) is 12.1 Å². The van der Waals surface area contributed by atoms with Crippen LogP contribution in [-0.4, -0.2) is 17.3 Å². The molecule has 2 nitrogen and oxygen atoms in total. The van der Waals surface area contributed by atoms with Crippen molar-refractivity contribution >= 4 is 21.6 Å². The fourth-order valence-corrected chi connectivity index (χ4v) is 1.70. The van der Waals surface area contributed by atoms with Crippen molar-refractivity contribution in [2.45, 2.75) is 32.5 Å². The molecule has 0 saturated carbocycles. The molecule has 0 bridgehead atoms. The van der Waals surface area contributed by atoms with E-state index < -0.39 is 17.3 Å². The van der Waals surface area contributed by atoms with Gasteiger partial charge in [0.15, 0.2) is 0 Å². The summed E-state index contributed by atoms with van der Waals surface area (Å²) in [5.74, 6) is -0.00965. The van der Waals surface area contributed by atoms with E-state index in [9.17, 15) is 18.3 Å². The number of benzene rings is 1. The lowest BCUT2D eigenvalue weighted by Crippen LogP contribution is -2.38. The van der Waals surface area contributed by atoms with Crippen LogP contribution in [0, 0.1) is 5.92 Å². The molecule has 2 N–H and O–H groups in total. The molecule has 0 saturated heterocycles. The maximum atomic E-state index is 12.6. The van der Waals surface area contributed by atoms with Crippen LogP contribution >= 0.6 is 15.9 Å². The van der Waals surface area contributed by atoms with Crippen LogP contribution in [0.4, 0.5) is 18.9 Å². The SMILES string of the molecule is CC(C)C(C)(O)CNc1cc(C(F)(F)F)ccc1Br. The maximum Gasteiger partial charge on any atom is 0.416 e. The van der Waals surface area contributed by atoms with Gasteiger partial charge in [0.2, 0.25) is 0 Å². The molecule has 1 unspecified atom stereocenters. The van der Waals surface area contributed by atoms with Gasteiger partial charge in [0.1, 0.15) is 0 Å². The molecule has 108 valence electrons. The van der Waals surface area contributed by atoms with Gasteiger partial charge in [0.05, 0.1) is 11.2 Å². The molecule has 1 atom stereocenters. The topological polar surface area (TPSA) is 32.3 Å². The molecular formula is C13H17BrF3NO. The summed E-state index contributed by atoms with van der Waals surface area (Å²) in [6, 6.07) is 3.38. The average Bonchev–Trinajstić information content (AvgIpc) is 2.26. The molecule has 0 aliphatic heterocycles. The molecule has 0 heterocycles. The number of hydrogen-bond donors (Lipinski definition) is 2. The average molecular weight is 340 g/mol. The highest BCUT2D eigenvalue weighted by Gasteiger charge is 2.31. The van der Waals surface area contributed by atoms with Gasteiger partial charge < -0.3 is 10.4 Å². The van der Waals surface area contributed by atoms with Crippen molar-refractivity contribution < 1.29 is 18.3 Å². The summed E-state index contributed by atoms with van der Waals surface area (Å²) in [6.07, 6.45) is -4.38. The second kappa shape index (κ2) is 5.71. The molecule has 1 aromatic carbocycles. The van der Waals surface area contributed by atoms with Crippen molar-refractivity contribution in [2.24, 2.45) is 5.92 Å². The van der Waals surface area contributed by atoms with Crippen molar-refractivity contribution in [1.29, 1.82) is 0 Å². The number of rotatable bonds is 4. The fourth-order valence-electron chi connectivity index (χ4n) is 1.32. The maximum absolute atomic E-state index is 12.6. The monoisotopic (exact) mass is 339 g/mol. The Morgan fingerprint density at radius 2 is 1.89 bits per heavy atom. The summed E-state index contributed by atoms with van der Waals surface area (Å²) in [7, 11) is 0. The highest BCUT2D eigenvalue weighted by molar-refractivity contribution is 9.10. The molecule has 0 spiro atoms. The Morgan fingerprint density at radius 3 is 2.37 bits per heavy atom. The molecule has 0 aromatic heterocycles. The summed E-state index contributed by atoms with van der Waals surface area (Å²) in [5.41, 5.74) is -1.40. The number of nitrogens with one attached hydrogen (secondary N) is 1. The van der Waals surface area contributed by atoms with Crippen LogP contribution in [0.25, 0.3) is 0 Å². The van der Waals surface area contributed by atoms with E-state index >= 15 is 0 Å². The Balaban J connectivity index is 2.90. The quantitative estimate of drug-likeness (QED) is 0.857. The van der Waals surface area contributed by atoms with Crippen LogP contribution < -0.4 is 5.32 Å². The van der Waals surface area contributed by atoms with E-state index in [2.05, 4.69) is 21.2 Å². The lowest BCUT2D eigenvalue weighted by molar-refractivity contribution is -0.137. The highest BCUT2D eigenvalue weighted by Crippen LogP contribution is 2.34. The third-order valence-electron chi connectivity index (χ3n) is 3.17. The molecule has 0 radical (unpaired) electrons. The second-order valence-corrected chi connectivity index (χ2v) is 5.91. The first-order valence-electron chi connectivity index (χ1n) is 5.87. The van der Waals surface area contributed by atoms with Crippen LogP contribution in [0.15, 0.2) is 22.7 Å². The molecule has 6 heteroatoms. The number of halogens is 4. The number of alkyl halides is 3. The van der Waals surface area contributed by atoms with Crippen LogP contribution in [0.1, 0.15) is 26.3 Å². The van der Waals surface area contributed by atoms with E-state index in [1.165, 1.54) is 6.07 Å². The van der Waals surface area contributed by atoms with E-state index in [0.29, 0.717) is 10.2 Å². The first-order valence-corrected chi connectivity index (χ1v) is 6.66.